The molecule has 0 amide bonds. The second-order valence-corrected chi connectivity index (χ2v) is 4.82. The first kappa shape index (κ1) is 14.9. The maximum absolute atomic E-state index is 12.8. The fourth-order valence-electron chi connectivity index (χ4n) is 1.89. The van der Waals surface area contributed by atoms with E-state index in [0.717, 1.165) is 11.6 Å². The van der Waals surface area contributed by atoms with E-state index in [4.69, 9.17) is 11.6 Å². The standard InChI is InChI=1S/C15H13ClF3N/c16-13-7-5-11(6-8-13)9-20-10-12-3-1-2-4-14(12)15(17,18)19/h1-8,20H,9-10H2. The Labute approximate surface area is 120 Å². The molecule has 0 atom stereocenters. The van der Waals surface area contributed by atoms with Gasteiger partial charge in [-0.2, -0.15) is 13.2 Å². The molecule has 0 spiro atoms. The van der Waals surface area contributed by atoms with Gasteiger partial charge in [-0.1, -0.05) is 41.9 Å². The van der Waals surface area contributed by atoms with E-state index in [9.17, 15) is 13.2 Å². The lowest BCUT2D eigenvalue weighted by atomic mass is 10.1. The second-order valence-electron chi connectivity index (χ2n) is 4.38. The van der Waals surface area contributed by atoms with Crippen LogP contribution < -0.4 is 5.32 Å². The zero-order chi connectivity index (χ0) is 14.6. The van der Waals surface area contributed by atoms with E-state index in [2.05, 4.69) is 5.32 Å². The van der Waals surface area contributed by atoms with Crippen molar-refractivity contribution in [2.45, 2.75) is 19.3 Å². The van der Waals surface area contributed by atoms with Gasteiger partial charge in [0, 0.05) is 18.1 Å². The Bertz CT molecular complexity index is 564. The lowest BCUT2D eigenvalue weighted by Crippen LogP contribution is -2.17. The van der Waals surface area contributed by atoms with Gasteiger partial charge < -0.3 is 5.32 Å². The highest BCUT2D eigenvalue weighted by atomic mass is 35.5. The monoisotopic (exact) mass is 299 g/mol. The van der Waals surface area contributed by atoms with E-state index in [1.165, 1.54) is 12.1 Å². The molecule has 0 aliphatic carbocycles. The number of halogens is 4. The highest BCUT2D eigenvalue weighted by Gasteiger charge is 2.32. The van der Waals surface area contributed by atoms with E-state index < -0.39 is 11.7 Å². The van der Waals surface area contributed by atoms with Gasteiger partial charge in [0.05, 0.1) is 5.56 Å². The molecule has 2 aromatic rings. The van der Waals surface area contributed by atoms with E-state index in [1.54, 1.807) is 18.2 Å². The summed E-state index contributed by atoms with van der Waals surface area (Å²) in [6, 6.07) is 12.8. The van der Waals surface area contributed by atoms with Gasteiger partial charge in [-0.3, -0.25) is 0 Å². The third-order valence-corrected chi connectivity index (χ3v) is 3.13. The lowest BCUT2D eigenvalue weighted by Gasteiger charge is -2.13. The largest absolute Gasteiger partial charge is 0.416 e. The Morgan fingerprint density at radius 3 is 2.20 bits per heavy atom. The first-order valence-corrected chi connectivity index (χ1v) is 6.45. The molecule has 0 radical (unpaired) electrons. The summed E-state index contributed by atoms with van der Waals surface area (Å²) < 4.78 is 38.4. The molecule has 2 aromatic carbocycles. The molecular weight excluding hydrogens is 287 g/mol. The summed E-state index contributed by atoms with van der Waals surface area (Å²) in [6.45, 7) is 0.654. The Hall–Kier alpha value is -1.52. The summed E-state index contributed by atoms with van der Waals surface area (Å²) in [5.74, 6) is 0. The highest BCUT2D eigenvalue weighted by molar-refractivity contribution is 6.30. The third-order valence-electron chi connectivity index (χ3n) is 2.88. The van der Waals surface area contributed by atoms with Crippen molar-refractivity contribution in [3.63, 3.8) is 0 Å². The van der Waals surface area contributed by atoms with Gasteiger partial charge in [0.15, 0.2) is 0 Å². The van der Waals surface area contributed by atoms with Gasteiger partial charge in [-0.15, -0.1) is 0 Å². The van der Waals surface area contributed by atoms with Crippen molar-refractivity contribution in [3.05, 3.63) is 70.2 Å². The summed E-state index contributed by atoms with van der Waals surface area (Å²) >= 11 is 5.77. The van der Waals surface area contributed by atoms with Gasteiger partial charge >= 0.3 is 6.18 Å². The predicted octanol–water partition coefficient (Wildman–Crippen LogP) is 4.65. The van der Waals surface area contributed by atoms with Crippen LogP contribution in [0, 0.1) is 0 Å². The first-order valence-electron chi connectivity index (χ1n) is 6.07. The summed E-state index contributed by atoms with van der Waals surface area (Å²) in [7, 11) is 0. The van der Waals surface area contributed by atoms with E-state index in [-0.39, 0.29) is 12.1 Å². The van der Waals surface area contributed by atoms with E-state index >= 15 is 0 Å². The number of hydrogen-bond acceptors (Lipinski definition) is 1. The number of alkyl halides is 3. The highest BCUT2D eigenvalue weighted by Crippen LogP contribution is 2.31. The maximum atomic E-state index is 12.8. The average Bonchev–Trinajstić information content (AvgIpc) is 2.40. The topological polar surface area (TPSA) is 12.0 Å². The minimum Gasteiger partial charge on any atom is -0.309 e. The fraction of sp³-hybridized carbons (Fsp3) is 0.200. The molecule has 0 unspecified atom stereocenters. The van der Waals surface area contributed by atoms with Crippen LogP contribution in [0.4, 0.5) is 13.2 Å². The van der Waals surface area contributed by atoms with Crippen molar-refractivity contribution in [1.29, 1.82) is 0 Å². The van der Waals surface area contributed by atoms with Crippen LogP contribution in [0.2, 0.25) is 5.02 Å². The lowest BCUT2D eigenvalue weighted by molar-refractivity contribution is -0.138. The van der Waals surface area contributed by atoms with Gasteiger partial charge in [-0.05, 0) is 29.3 Å². The molecule has 0 saturated heterocycles. The molecule has 0 bridgehead atoms. The molecule has 0 aromatic heterocycles. The van der Waals surface area contributed by atoms with Crippen LogP contribution in [0.25, 0.3) is 0 Å². The number of hydrogen-bond donors (Lipinski definition) is 1. The number of nitrogens with one attached hydrogen (secondary N) is 1. The molecule has 0 aliphatic rings. The number of rotatable bonds is 4. The molecule has 1 N–H and O–H groups in total. The Morgan fingerprint density at radius 2 is 1.55 bits per heavy atom. The number of benzene rings is 2. The summed E-state index contributed by atoms with van der Waals surface area (Å²) in [4.78, 5) is 0. The normalized spacial score (nSPS) is 11.6. The van der Waals surface area contributed by atoms with Crippen molar-refractivity contribution in [2.24, 2.45) is 0 Å². The predicted molar refractivity (Wildman–Crippen MR) is 73.4 cm³/mol. The van der Waals surface area contributed by atoms with Crippen molar-refractivity contribution >= 4 is 11.6 Å². The Morgan fingerprint density at radius 1 is 0.900 bits per heavy atom. The molecule has 0 aliphatic heterocycles. The van der Waals surface area contributed by atoms with E-state index in [0.29, 0.717) is 11.6 Å². The molecule has 20 heavy (non-hydrogen) atoms. The quantitative estimate of drug-likeness (QED) is 0.866. The molecule has 0 fully saturated rings. The van der Waals surface area contributed by atoms with Crippen LogP contribution in [0.3, 0.4) is 0 Å². The maximum Gasteiger partial charge on any atom is 0.416 e. The third kappa shape index (κ3) is 3.99. The van der Waals surface area contributed by atoms with Crippen LogP contribution >= 0.6 is 11.6 Å². The van der Waals surface area contributed by atoms with Crippen LogP contribution in [0.1, 0.15) is 16.7 Å². The molecule has 106 valence electrons. The van der Waals surface area contributed by atoms with Crippen molar-refractivity contribution in [3.8, 4) is 0 Å². The zero-order valence-electron chi connectivity index (χ0n) is 10.5. The van der Waals surface area contributed by atoms with Gasteiger partial charge in [0.25, 0.3) is 0 Å². The molecule has 5 heteroatoms. The van der Waals surface area contributed by atoms with E-state index in [1.807, 2.05) is 12.1 Å². The second kappa shape index (κ2) is 6.29. The van der Waals surface area contributed by atoms with Gasteiger partial charge in [-0.25, -0.2) is 0 Å². The summed E-state index contributed by atoms with van der Waals surface area (Å²) in [5.41, 5.74) is 0.622. The smallest absolute Gasteiger partial charge is 0.309 e. The van der Waals surface area contributed by atoms with Crippen LogP contribution in [-0.2, 0) is 19.3 Å². The van der Waals surface area contributed by atoms with Crippen LogP contribution in [0.5, 0.6) is 0 Å². The molecule has 0 saturated carbocycles. The van der Waals surface area contributed by atoms with Crippen LogP contribution in [-0.4, -0.2) is 0 Å². The van der Waals surface area contributed by atoms with Gasteiger partial charge in [0.2, 0.25) is 0 Å². The Balaban J connectivity index is 1.99. The zero-order valence-corrected chi connectivity index (χ0v) is 11.3. The van der Waals surface area contributed by atoms with Crippen molar-refractivity contribution < 1.29 is 13.2 Å². The average molecular weight is 300 g/mol. The SMILES string of the molecule is FC(F)(F)c1ccccc1CNCc1ccc(Cl)cc1. The molecular formula is C15H13ClF3N. The minimum absolute atomic E-state index is 0.165. The summed E-state index contributed by atoms with van der Waals surface area (Å²) in [5, 5.41) is 3.64. The molecule has 2 rings (SSSR count). The minimum atomic E-state index is -4.32. The Kier molecular flexibility index (Phi) is 4.68. The van der Waals surface area contributed by atoms with Crippen molar-refractivity contribution in [2.75, 3.05) is 0 Å². The molecule has 1 nitrogen and oxygen atoms in total. The summed E-state index contributed by atoms with van der Waals surface area (Å²) in [6.07, 6.45) is -4.32. The fourth-order valence-corrected chi connectivity index (χ4v) is 2.02. The van der Waals surface area contributed by atoms with Crippen LogP contribution in [0.15, 0.2) is 48.5 Å². The first-order chi connectivity index (χ1) is 9.47. The van der Waals surface area contributed by atoms with Gasteiger partial charge in [0.1, 0.15) is 0 Å². The van der Waals surface area contributed by atoms with Crippen molar-refractivity contribution in [1.82, 2.24) is 5.32 Å². The molecule has 0 heterocycles.